The molecule has 0 bridgehead atoms. The van der Waals surface area contributed by atoms with Crippen LogP contribution in [0.5, 0.6) is 0 Å². The first-order valence-corrected chi connectivity index (χ1v) is 5.53. The van der Waals surface area contributed by atoms with Crippen molar-refractivity contribution in [1.82, 2.24) is 10.7 Å². The lowest BCUT2D eigenvalue weighted by atomic mass is 10.3. The molecule has 5 nitrogen and oxygen atoms in total. The average molecular weight is 227 g/mol. The van der Waals surface area contributed by atoms with Crippen molar-refractivity contribution in [2.24, 2.45) is 5.10 Å². The molecule has 1 heterocycles. The number of ether oxygens (including phenoxy) is 1. The number of carbonyl (C=O) groups excluding carboxylic acids is 1. The van der Waals surface area contributed by atoms with Crippen molar-refractivity contribution in [1.29, 1.82) is 0 Å². The Balaban J connectivity index is 0.00000106. The van der Waals surface area contributed by atoms with Crippen LogP contribution in [-0.2, 0) is 4.74 Å². The zero-order valence-electron chi connectivity index (χ0n) is 10.6. The minimum Gasteiger partial charge on any atom is -0.447 e. The van der Waals surface area contributed by atoms with E-state index in [0.717, 1.165) is 11.4 Å². The molecular formula is C11H21N3O2. The fourth-order valence-corrected chi connectivity index (χ4v) is 1.04. The van der Waals surface area contributed by atoms with E-state index in [1.54, 1.807) is 19.9 Å². The second-order valence-electron chi connectivity index (χ2n) is 3.34. The second kappa shape index (κ2) is 7.73. The topological polar surface area (TPSA) is 62.7 Å². The van der Waals surface area contributed by atoms with Crippen LogP contribution in [0.2, 0.25) is 0 Å². The number of rotatable bonds is 2. The number of nitrogens with zero attached hydrogens (tertiary/aromatic N) is 1. The van der Waals surface area contributed by atoms with Gasteiger partial charge in [0.05, 0.1) is 18.4 Å². The monoisotopic (exact) mass is 227 g/mol. The van der Waals surface area contributed by atoms with Gasteiger partial charge in [0.15, 0.2) is 0 Å². The van der Waals surface area contributed by atoms with Crippen LogP contribution in [0.25, 0.3) is 0 Å². The normalized spacial score (nSPS) is 13.9. The number of hydrazone groups is 1. The molecular weight excluding hydrogens is 206 g/mol. The zero-order valence-corrected chi connectivity index (χ0v) is 10.6. The lowest BCUT2D eigenvalue weighted by Crippen LogP contribution is -2.32. The number of carbonyl (C=O) groups is 1. The molecule has 1 aliphatic heterocycles. The van der Waals surface area contributed by atoms with Gasteiger partial charge in [0.25, 0.3) is 0 Å². The number of hydrogen-bond acceptors (Lipinski definition) is 4. The molecule has 2 N–H and O–H groups in total. The molecule has 0 fully saturated rings. The van der Waals surface area contributed by atoms with E-state index in [4.69, 9.17) is 4.74 Å². The third kappa shape index (κ3) is 6.06. The van der Waals surface area contributed by atoms with Crippen molar-refractivity contribution >= 4 is 11.8 Å². The average Bonchev–Trinajstić information content (AvgIpc) is 2.19. The van der Waals surface area contributed by atoms with Crippen LogP contribution in [-0.4, -0.2) is 24.5 Å². The smallest absolute Gasteiger partial charge is 0.411 e. The van der Waals surface area contributed by atoms with Gasteiger partial charge in [-0.2, -0.15) is 5.10 Å². The van der Waals surface area contributed by atoms with E-state index >= 15 is 0 Å². The summed E-state index contributed by atoms with van der Waals surface area (Å²) in [6.45, 7) is 9.98. The van der Waals surface area contributed by atoms with E-state index < -0.39 is 6.09 Å². The third-order valence-electron chi connectivity index (χ3n) is 1.51. The molecule has 0 spiro atoms. The molecule has 0 unspecified atom stereocenters. The molecule has 0 aromatic rings. The Kier molecular flexibility index (Phi) is 7.00. The van der Waals surface area contributed by atoms with E-state index in [0.29, 0.717) is 6.54 Å². The highest BCUT2D eigenvalue weighted by Crippen LogP contribution is 1.97. The van der Waals surface area contributed by atoms with Gasteiger partial charge in [-0.05, 0) is 26.8 Å². The third-order valence-corrected chi connectivity index (χ3v) is 1.51. The highest BCUT2D eigenvalue weighted by atomic mass is 16.6. The van der Waals surface area contributed by atoms with Crippen molar-refractivity contribution in [3.05, 3.63) is 11.8 Å². The summed E-state index contributed by atoms with van der Waals surface area (Å²) in [7, 11) is 0. The number of allylic oxidation sites excluding steroid dienone is 1. The Morgan fingerprint density at radius 2 is 2.19 bits per heavy atom. The number of hydrogen-bond donors (Lipinski definition) is 2. The molecule has 0 radical (unpaired) electrons. The van der Waals surface area contributed by atoms with Crippen LogP contribution < -0.4 is 10.7 Å². The number of alkyl carbamates (subject to hydrolysis) is 1. The summed E-state index contributed by atoms with van der Waals surface area (Å²) in [6.07, 6.45) is 1.27. The van der Waals surface area contributed by atoms with Gasteiger partial charge in [0, 0.05) is 5.70 Å². The maximum atomic E-state index is 11.2. The van der Waals surface area contributed by atoms with Crippen molar-refractivity contribution in [3.8, 4) is 0 Å². The summed E-state index contributed by atoms with van der Waals surface area (Å²) in [4.78, 5) is 11.2. The Morgan fingerprint density at radius 1 is 1.56 bits per heavy atom. The summed E-state index contributed by atoms with van der Waals surface area (Å²) in [5.41, 5.74) is 4.39. The Labute approximate surface area is 96.9 Å². The van der Waals surface area contributed by atoms with Gasteiger partial charge in [0.2, 0.25) is 0 Å². The molecule has 0 saturated carbocycles. The molecule has 0 aromatic carbocycles. The molecule has 16 heavy (non-hydrogen) atoms. The van der Waals surface area contributed by atoms with E-state index in [2.05, 4.69) is 15.8 Å². The van der Waals surface area contributed by atoms with E-state index in [-0.39, 0.29) is 6.10 Å². The van der Waals surface area contributed by atoms with Crippen LogP contribution in [0.1, 0.15) is 34.6 Å². The van der Waals surface area contributed by atoms with Crippen molar-refractivity contribution in [3.63, 3.8) is 0 Å². The van der Waals surface area contributed by atoms with Crippen LogP contribution >= 0.6 is 0 Å². The molecule has 0 saturated heterocycles. The zero-order chi connectivity index (χ0) is 12.6. The fraction of sp³-hybridized carbons (Fsp3) is 0.636. The Morgan fingerprint density at radius 3 is 2.69 bits per heavy atom. The number of nitrogens with one attached hydrogen (secondary N) is 2. The standard InChI is InChI=1S/C9H15N3O2.C2H6/c1-6(2)14-9(13)11-8-4-7(3)12-10-5-8;1-2/h4,6,10H,5H2,1-3H3,(H,11,13);1-2H3. The van der Waals surface area contributed by atoms with Crippen molar-refractivity contribution in [2.75, 3.05) is 6.54 Å². The molecule has 1 amide bonds. The molecule has 92 valence electrons. The molecule has 1 rings (SSSR count). The summed E-state index contributed by atoms with van der Waals surface area (Å²) in [5, 5.41) is 6.58. The first-order chi connectivity index (χ1) is 7.58. The summed E-state index contributed by atoms with van der Waals surface area (Å²) in [5.74, 6) is 0. The van der Waals surface area contributed by atoms with Gasteiger partial charge < -0.3 is 10.2 Å². The molecule has 5 heteroatoms. The predicted octanol–water partition coefficient (Wildman–Crippen LogP) is 2.01. The first-order valence-electron chi connectivity index (χ1n) is 5.53. The predicted molar refractivity (Wildman–Crippen MR) is 65.3 cm³/mol. The van der Waals surface area contributed by atoms with Gasteiger partial charge in [-0.15, -0.1) is 0 Å². The lowest BCUT2D eigenvalue weighted by Gasteiger charge is -2.14. The Bertz CT molecular complexity index is 283. The maximum absolute atomic E-state index is 11.2. The SMILES string of the molecule is CC.CC1=NNCC(NC(=O)OC(C)C)=C1. The molecule has 0 atom stereocenters. The van der Waals surface area contributed by atoms with Crippen molar-refractivity contribution < 1.29 is 9.53 Å². The van der Waals surface area contributed by atoms with E-state index in [1.165, 1.54) is 0 Å². The molecule has 0 aromatic heterocycles. The van der Waals surface area contributed by atoms with Gasteiger partial charge in [-0.1, -0.05) is 13.8 Å². The largest absolute Gasteiger partial charge is 0.447 e. The van der Waals surface area contributed by atoms with E-state index in [9.17, 15) is 4.79 Å². The van der Waals surface area contributed by atoms with Gasteiger partial charge >= 0.3 is 6.09 Å². The van der Waals surface area contributed by atoms with Gasteiger partial charge in [0.1, 0.15) is 0 Å². The van der Waals surface area contributed by atoms with Crippen LogP contribution in [0, 0.1) is 0 Å². The highest BCUT2D eigenvalue weighted by Gasteiger charge is 2.09. The molecule has 0 aliphatic carbocycles. The second-order valence-corrected chi connectivity index (χ2v) is 3.34. The van der Waals surface area contributed by atoms with Gasteiger partial charge in [-0.25, -0.2) is 4.79 Å². The highest BCUT2D eigenvalue weighted by molar-refractivity contribution is 5.94. The van der Waals surface area contributed by atoms with Gasteiger partial charge in [-0.3, -0.25) is 5.32 Å². The first kappa shape index (κ1) is 14.5. The number of amides is 1. The van der Waals surface area contributed by atoms with Crippen molar-refractivity contribution in [2.45, 2.75) is 40.7 Å². The fourth-order valence-electron chi connectivity index (χ4n) is 1.04. The van der Waals surface area contributed by atoms with E-state index in [1.807, 2.05) is 20.8 Å². The minimum atomic E-state index is -0.428. The minimum absolute atomic E-state index is 0.109. The summed E-state index contributed by atoms with van der Waals surface area (Å²) in [6, 6.07) is 0. The molecule has 1 aliphatic rings. The maximum Gasteiger partial charge on any atom is 0.411 e. The van der Waals surface area contributed by atoms with Crippen LogP contribution in [0.3, 0.4) is 0 Å². The van der Waals surface area contributed by atoms with Crippen LogP contribution in [0.15, 0.2) is 16.9 Å². The summed E-state index contributed by atoms with van der Waals surface area (Å²) >= 11 is 0. The lowest BCUT2D eigenvalue weighted by molar-refractivity contribution is 0.118. The van der Waals surface area contributed by atoms with Crippen LogP contribution in [0.4, 0.5) is 4.79 Å². The summed E-state index contributed by atoms with van der Waals surface area (Å²) < 4.78 is 4.93. The quantitative estimate of drug-likeness (QED) is 0.758. The Hall–Kier alpha value is -1.52.